The minimum Gasteiger partial charge on any atom is -0.345 e. The van der Waals surface area contributed by atoms with Gasteiger partial charge in [0, 0.05) is 50.4 Å². The van der Waals surface area contributed by atoms with Crippen molar-refractivity contribution in [1.29, 1.82) is 0 Å². The maximum absolute atomic E-state index is 13.6. The van der Waals surface area contributed by atoms with Crippen LogP contribution < -0.4 is 5.32 Å². The predicted molar refractivity (Wildman–Crippen MR) is 170 cm³/mol. The molecule has 3 atom stereocenters. The van der Waals surface area contributed by atoms with E-state index in [9.17, 15) is 28.8 Å². The van der Waals surface area contributed by atoms with Gasteiger partial charge in [0.25, 0.3) is 5.91 Å². The van der Waals surface area contributed by atoms with Crippen LogP contribution in [0, 0.1) is 17.3 Å². The molecule has 0 radical (unpaired) electrons. The minimum atomic E-state index is -0.935. The first-order valence-corrected chi connectivity index (χ1v) is 15.8. The number of hydrogen-bond acceptors (Lipinski definition) is 6. The number of nitrogens with zero attached hydrogens (tertiary/aromatic N) is 2. The normalized spacial score (nSPS) is 16.5. The van der Waals surface area contributed by atoms with Gasteiger partial charge >= 0.3 is 0 Å². The van der Waals surface area contributed by atoms with E-state index in [1.54, 1.807) is 42.7 Å². The molecule has 2 aromatic rings. The first-order chi connectivity index (χ1) is 21.2. The highest BCUT2D eigenvalue weighted by Gasteiger charge is 2.43. The molecular weight excluding hydrogens is 570 g/mol. The molecule has 2 aromatic carbocycles. The number of carbonyl (C=O) groups excluding carboxylic acids is 6. The Kier molecular flexibility index (Phi) is 10.4. The number of amides is 3. The third-order valence-corrected chi connectivity index (χ3v) is 8.96. The van der Waals surface area contributed by atoms with E-state index in [2.05, 4.69) is 11.4 Å². The third kappa shape index (κ3) is 7.75. The molecule has 9 nitrogen and oxygen atoms in total. The summed E-state index contributed by atoms with van der Waals surface area (Å²) in [5.41, 5.74) is 3.09. The first-order valence-electron chi connectivity index (χ1n) is 15.8. The zero-order valence-corrected chi connectivity index (χ0v) is 27.2. The van der Waals surface area contributed by atoms with Gasteiger partial charge in [-0.3, -0.25) is 28.8 Å². The number of Topliss-reactive ketones (excluding diaryl/α,β-unsaturated/α-hetero) is 3. The van der Waals surface area contributed by atoms with Crippen molar-refractivity contribution in [2.24, 2.45) is 17.3 Å². The number of benzene rings is 2. The molecule has 9 heteroatoms. The van der Waals surface area contributed by atoms with Gasteiger partial charge in [-0.25, -0.2) is 0 Å². The molecule has 0 saturated carbocycles. The highest BCUT2D eigenvalue weighted by atomic mass is 16.2. The lowest BCUT2D eigenvalue weighted by molar-refractivity contribution is -0.142. The molecule has 0 fully saturated rings. The molecule has 2 heterocycles. The fourth-order valence-corrected chi connectivity index (χ4v) is 6.30. The SMILES string of the molecule is CC(C)[C@H](CC(=O)[C@H](C)NC(=O)[C@@H](N1Cc2ccccc2C1=O)C(C)(C)C)C(=O)C(=O)CCC(=O)N1CCc2ccccc2C1. The van der Waals surface area contributed by atoms with Gasteiger partial charge in [0.15, 0.2) is 11.6 Å². The molecule has 3 amide bonds. The van der Waals surface area contributed by atoms with E-state index >= 15 is 0 Å². The summed E-state index contributed by atoms with van der Waals surface area (Å²) in [6.07, 6.45) is 0.263. The van der Waals surface area contributed by atoms with E-state index in [1.807, 2.05) is 51.1 Å². The van der Waals surface area contributed by atoms with Crippen LogP contribution in [0.5, 0.6) is 0 Å². The van der Waals surface area contributed by atoms with Gasteiger partial charge in [-0.2, -0.15) is 0 Å². The van der Waals surface area contributed by atoms with E-state index in [1.165, 1.54) is 5.56 Å². The molecule has 0 unspecified atom stereocenters. The van der Waals surface area contributed by atoms with E-state index in [4.69, 9.17) is 0 Å². The van der Waals surface area contributed by atoms with Crippen molar-refractivity contribution < 1.29 is 28.8 Å². The van der Waals surface area contributed by atoms with Crippen molar-refractivity contribution in [2.75, 3.05) is 6.54 Å². The van der Waals surface area contributed by atoms with Crippen molar-refractivity contribution in [1.82, 2.24) is 15.1 Å². The second kappa shape index (κ2) is 13.9. The average molecular weight is 616 g/mol. The molecule has 2 aliphatic heterocycles. The van der Waals surface area contributed by atoms with Gasteiger partial charge < -0.3 is 15.1 Å². The van der Waals surface area contributed by atoms with E-state index in [0.29, 0.717) is 25.2 Å². The smallest absolute Gasteiger partial charge is 0.255 e. The Morgan fingerprint density at radius 2 is 1.47 bits per heavy atom. The fourth-order valence-electron chi connectivity index (χ4n) is 6.30. The Morgan fingerprint density at radius 1 is 0.844 bits per heavy atom. The average Bonchev–Trinajstić information content (AvgIpc) is 3.31. The first kappa shape index (κ1) is 33.7. The van der Waals surface area contributed by atoms with Crippen LogP contribution >= 0.6 is 0 Å². The van der Waals surface area contributed by atoms with Gasteiger partial charge in [0.1, 0.15) is 6.04 Å². The van der Waals surface area contributed by atoms with Crippen LogP contribution in [0.15, 0.2) is 48.5 Å². The lowest BCUT2D eigenvalue weighted by Gasteiger charge is -2.37. The van der Waals surface area contributed by atoms with E-state index < -0.39 is 40.9 Å². The fraction of sp³-hybridized carbons (Fsp3) is 0.500. The largest absolute Gasteiger partial charge is 0.345 e. The van der Waals surface area contributed by atoms with Gasteiger partial charge in [-0.05, 0) is 47.4 Å². The van der Waals surface area contributed by atoms with Gasteiger partial charge in [0.05, 0.1) is 6.04 Å². The molecule has 2 aliphatic rings. The Morgan fingerprint density at radius 3 is 2.09 bits per heavy atom. The molecule has 0 aliphatic carbocycles. The monoisotopic (exact) mass is 615 g/mol. The summed E-state index contributed by atoms with van der Waals surface area (Å²) in [4.78, 5) is 82.4. The molecule has 45 heavy (non-hydrogen) atoms. The maximum atomic E-state index is 13.6. The lowest BCUT2D eigenvalue weighted by atomic mass is 9.83. The highest BCUT2D eigenvalue weighted by molar-refractivity contribution is 6.38. The maximum Gasteiger partial charge on any atom is 0.255 e. The summed E-state index contributed by atoms with van der Waals surface area (Å²) >= 11 is 0. The quantitative estimate of drug-likeness (QED) is 0.356. The number of ketones is 3. The Labute approximate surface area is 265 Å². The second-order valence-electron chi connectivity index (χ2n) is 13.7. The standard InChI is InChI=1S/C36H45N3O6/c1-22(2)28(32(43)29(40)15-16-31(42)38-18-17-24-11-7-8-12-25(24)20-38)19-30(41)23(3)37-34(44)33(36(4,5)6)39-21-26-13-9-10-14-27(26)35(39)45/h7-14,22-23,28,33H,15-21H2,1-6H3,(H,37,44)/t23-,28-,33+/m0/s1. The van der Waals surface area contributed by atoms with Gasteiger partial charge in [0.2, 0.25) is 17.6 Å². The van der Waals surface area contributed by atoms with E-state index in [-0.39, 0.29) is 42.8 Å². The minimum absolute atomic E-state index is 0.0642. The summed E-state index contributed by atoms with van der Waals surface area (Å²) in [6.45, 7) is 12.1. The summed E-state index contributed by atoms with van der Waals surface area (Å²) in [5, 5.41) is 2.78. The highest BCUT2D eigenvalue weighted by Crippen LogP contribution is 2.32. The molecule has 0 aromatic heterocycles. The zero-order valence-electron chi connectivity index (χ0n) is 27.2. The van der Waals surface area contributed by atoms with Crippen LogP contribution in [0.25, 0.3) is 0 Å². The van der Waals surface area contributed by atoms with Crippen molar-refractivity contribution in [3.8, 4) is 0 Å². The van der Waals surface area contributed by atoms with Crippen LogP contribution in [0.2, 0.25) is 0 Å². The summed E-state index contributed by atoms with van der Waals surface area (Å²) < 4.78 is 0. The van der Waals surface area contributed by atoms with E-state index in [0.717, 1.165) is 17.5 Å². The van der Waals surface area contributed by atoms with Crippen molar-refractivity contribution in [3.05, 3.63) is 70.8 Å². The van der Waals surface area contributed by atoms with Crippen LogP contribution in [0.3, 0.4) is 0 Å². The topological polar surface area (TPSA) is 121 Å². The number of fused-ring (bicyclic) bond motifs is 2. The summed E-state index contributed by atoms with van der Waals surface area (Å²) in [5.74, 6) is -3.73. The van der Waals surface area contributed by atoms with Gasteiger partial charge in [-0.1, -0.05) is 77.1 Å². The zero-order chi connectivity index (χ0) is 33.1. The van der Waals surface area contributed by atoms with Crippen molar-refractivity contribution >= 4 is 35.1 Å². The number of hydrogen-bond donors (Lipinski definition) is 1. The number of carbonyl (C=O) groups is 6. The number of rotatable bonds is 12. The van der Waals surface area contributed by atoms with Crippen molar-refractivity contribution in [3.63, 3.8) is 0 Å². The van der Waals surface area contributed by atoms with Crippen molar-refractivity contribution in [2.45, 2.75) is 92.4 Å². The Balaban J connectivity index is 1.33. The molecule has 4 rings (SSSR count). The number of nitrogens with one attached hydrogen (secondary N) is 1. The molecule has 0 bridgehead atoms. The molecule has 0 spiro atoms. The molecular formula is C36H45N3O6. The third-order valence-electron chi connectivity index (χ3n) is 8.96. The molecule has 240 valence electrons. The Bertz CT molecular complexity index is 1490. The van der Waals surface area contributed by atoms with Gasteiger partial charge in [-0.15, -0.1) is 0 Å². The molecule has 0 saturated heterocycles. The molecule has 1 N–H and O–H groups in total. The van der Waals surface area contributed by atoms with Crippen LogP contribution in [-0.4, -0.2) is 63.5 Å². The summed E-state index contributed by atoms with van der Waals surface area (Å²) in [6, 6.07) is 13.4. The van der Waals surface area contributed by atoms with Crippen LogP contribution in [0.1, 0.15) is 87.9 Å². The van der Waals surface area contributed by atoms with Crippen LogP contribution in [-0.2, 0) is 43.5 Å². The second-order valence-corrected chi connectivity index (χ2v) is 13.7. The van der Waals surface area contributed by atoms with Crippen LogP contribution in [0.4, 0.5) is 0 Å². The summed E-state index contributed by atoms with van der Waals surface area (Å²) in [7, 11) is 0. The Hall–Kier alpha value is -4.14. The predicted octanol–water partition coefficient (Wildman–Crippen LogP) is 4.30. The lowest BCUT2D eigenvalue weighted by Crippen LogP contribution is -2.56.